The van der Waals surface area contributed by atoms with Crippen molar-refractivity contribution in [2.24, 2.45) is 12.8 Å². The molecule has 100 valence electrons. The smallest absolute Gasteiger partial charge is 0.293 e. The fourth-order valence-electron chi connectivity index (χ4n) is 1.99. The van der Waals surface area contributed by atoms with Crippen molar-refractivity contribution in [1.29, 1.82) is 0 Å². The van der Waals surface area contributed by atoms with E-state index in [9.17, 15) is 4.79 Å². The average molecular weight is 258 g/mol. The van der Waals surface area contributed by atoms with Gasteiger partial charge in [0.2, 0.25) is 0 Å². The summed E-state index contributed by atoms with van der Waals surface area (Å²) in [5, 5.41) is 0. The van der Waals surface area contributed by atoms with Crippen LogP contribution in [0.25, 0.3) is 0 Å². The molecule has 0 aliphatic carbocycles. The number of aryl methyl sites for hydroxylation is 1. The summed E-state index contributed by atoms with van der Waals surface area (Å²) in [6.45, 7) is 1.10. The van der Waals surface area contributed by atoms with Gasteiger partial charge in [-0.2, -0.15) is 0 Å². The van der Waals surface area contributed by atoms with Crippen molar-refractivity contribution in [1.82, 2.24) is 9.55 Å². The van der Waals surface area contributed by atoms with Gasteiger partial charge in [-0.3, -0.25) is 4.79 Å². The molecule has 5 nitrogen and oxygen atoms in total. The van der Waals surface area contributed by atoms with Crippen molar-refractivity contribution >= 4 is 5.82 Å². The second-order valence-electron chi connectivity index (χ2n) is 4.50. The minimum Gasteiger partial charge on any atom is -0.351 e. The Kier molecular flexibility index (Phi) is 3.97. The third kappa shape index (κ3) is 2.82. The monoisotopic (exact) mass is 258 g/mol. The van der Waals surface area contributed by atoms with Gasteiger partial charge in [0, 0.05) is 39.6 Å². The van der Waals surface area contributed by atoms with Crippen molar-refractivity contribution in [2.75, 3.05) is 11.9 Å². The van der Waals surface area contributed by atoms with E-state index in [0.29, 0.717) is 18.9 Å². The predicted molar refractivity (Wildman–Crippen MR) is 75.9 cm³/mol. The Hall–Kier alpha value is -2.14. The van der Waals surface area contributed by atoms with Gasteiger partial charge < -0.3 is 15.2 Å². The van der Waals surface area contributed by atoms with Crippen LogP contribution in [0.15, 0.2) is 41.5 Å². The van der Waals surface area contributed by atoms with Crippen molar-refractivity contribution in [3.8, 4) is 0 Å². The molecule has 1 aromatic heterocycles. The van der Waals surface area contributed by atoms with Crippen molar-refractivity contribution < 1.29 is 0 Å². The lowest BCUT2D eigenvalue weighted by atomic mass is 10.1. The first-order chi connectivity index (χ1) is 9.13. The number of aromatic nitrogens is 2. The van der Waals surface area contributed by atoms with Crippen LogP contribution in [-0.4, -0.2) is 16.6 Å². The van der Waals surface area contributed by atoms with E-state index in [1.165, 1.54) is 4.57 Å². The van der Waals surface area contributed by atoms with E-state index < -0.39 is 0 Å². The molecule has 0 saturated heterocycles. The number of benzene rings is 1. The van der Waals surface area contributed by atoms with Crippen LogP contribution in [-0.2, 0) is 20.1 Å². The molecule has 1 heterocycles. The standard InChI is InChI=1S/C14H18N4O/c1-17-8-7-16-13(14(17)19)18(2)10-12-6-4-3-5-11(12)9-15/h3-8H,9-10,15H2,1-2H3. The van der Waals surface area contributed by atoms with E-state index in [1.54, 1.807) is 19.4 Å². The maximum Gasteiger partial charge on any atom is 0.293 e. The lowest BCUT2D eigenvalue weighted by Crippen LogP contribution is -2.29. The minimum atomic E-state index is -0.102. The number of nitrogens with zero attached hydrogens (tertiary/aromatic N) is 3. The quantitative estimate of drug-likeness (QED) is 0.884. The third-order valence-corrected chi connectivity index (χ3v) is 3.11. The molecule has 0 unspecified atom stereocenters. The van der Waals surface area contributed by atoms with Crippen LogP contribution in [0, 0.1) is 0 Å². The summed E-state index contributed by atoms with van der Waals surface area (Å²) in [6, 6.07) is 7.95. The Morgan fingerprint density at radius 3 is 2.68 bits per heavy atom. The Balaban J connectivity index is 2.28. The minimum absolute atomic E-state index is 0.102. The molecule has 1 aromatic carbocycles. The fraction of sp³-hybridized carbons (Fsp3) is 0.286. The van der Waals surface area contributed by atoms with E-state index >= 15 is 0 Å². The van der Waals surface area contributed by atoms with Crippen LogP contribution in [0.4, 0.5) is 5.82 Å². The first-order valence-electron chi connectivity index (χ1n) is 6.13. The Labute approximate surface area is 112 Å². The largest absolute Gasteiger partial charge is 0.351 e. The highest BCUT2D eigenvalue weighted by atomic mass is 16.1. The number of hydrogen-bond acceptors (Lipinski definition) is 4. The summed E-state index contributed by atoms with van der Waals surface area (Å²) in [6.07, 6.45) is 3.27. The van der Waals surface area contributed by atoms with E-state index in [2.05, 4.69) is 4.98 Å². The molecular formula is C14H18N4O. The molecule has 0 spiro atoms. The third-order valence-electron chi connectivity index (χ3n) is 3.11. The number of nitrogens with two attached hydrogens (primary N) is 1. The molecule has 19 heavy (non-hydrogen) atoms. The molecular weight excluding hydrogens is 240 g/mol. The van der Waals surface area contributed by atoms with Gasteiger partial charge in [0.1, 0.15) is 0 Å². The molecule has 0 saturated carbocycles. The molecule has 0 radical (unpaired) electrons. The van der Waals surface area contributed by atoms with Crippen LogP contribution < -0.4 is 16.2 Å². The van der Waals surface area contributed by atoms with E-state index in [1.807, 2.05) is 36.2 Å². The van der Waals surface area contributed by atoms with Crippen LogP contribution >= 0.6 is 0 Å². The molecule has 0 fully saturated rings. The van der Waals surface area contributed by atoms with Crippen LogP contribution in [0.3, 0.4) is 0 Å². The number of anilines is 1. The Morgan fingerprint density at radius 1 is 1.32 bits per heavy atom. The van der Waals surface area contributed by atoms with E-state index in [-0.39, 0.29) is 5.56 Å². The molecule has 5 heteroatoms. The van der Waals surface area contributed by atoms with Gasteiger partial charge in [-0.1, -0.05) is 24.3 Å². The fourth-order valence-corrected chi connectivity index (χ4v) is 1.99. The van der Waals surface area contributed by atoms with Gasteiger partial charge >= 0.3 is 0 Å². The van der Waals surface area contributed by atoms with Crippen molar-refractivity contribution in [2.45, 2.75) is 13.1 Å². The average Bonchev–Trinajstić information content (AvgIpc) is 2.42. The summed E-state index contributed by atoms with van der Waals surface area (Å²) in [5.41, 5.74) is 7.81. The van der Waals surface area contributed by atoms with Crippen molar-refractivity contribution in [3.63, 3.8) is 0 Å². The molecule has 0 bridgehead atoms. The molecule has 0 amide bonds. The summed E-state index contributed by atoms with van der Waals surface area (Å²) in [4.78, 5) is 18.0. The molecule has 2 aromatic rings. The highest BCUT2D eigenvalue weighted by molar-refractivity contribution is 5.38. The zero-order chi connectivity index (χ0) is 13.8. The summed E-state index contributed by atoms with van der Waals surface area (Å²) in [7, 11) is 3.58. The van der Waals surface area contributed by atoms with Gasteiger partial charge in [-0.15, -0.1) is 0 Å². The van der Waals surface area contributed by atoms with Crippen LogP contribution in [0.5, 0.6) is 0 Å². The highest BCUT2D eigenvalue weighted by Crippen LogP contribution is 2.12. The molecule has 0 aliphatic heterocycles. The highest BCUT2D eigenvalue weighted by Gasteiger charge is 2.10. The maximum absolute atomic E-state index is 12.0. The van der Waals surface area contributed by atoms with Crippen LogP contribution in [0.2, 0.25) is 0 Å². The normalized spacial score (nSPS) is 10.5. The summed E-state index contributed by atoms with van der Waals surface area (Å²) in [5.74, 6) is 0.442. The van der Waals surface area contributed by atoms with Gasteiger partial charge in [-0.25, -0.2) is 4.98 Å². The van der Waals surface area contributed by atoms with Gasteiger partial charge in [0.15, 0.2) is 5.82 Å². The topological polar surface area (TPSA) is 64.2 Å². The lowest BCUT2D eigenvalue weighted by molar-refractivity contribution is 0.798. The molecule has 0 atom stereocenters. The van der Waals surface area contributed by atoms with Gasteiger partial charge in [0.25, 0.3) is 5.56 Å². The first kappa shape index (κ1) is 13.3. The SMILES string of the molecule is CN(Cc1ccccc1CN)c1nccn(C)c1=O. The summed E-state index contributed by atoms with van der Waals surface area (Å²) < 4.78 is 1.52. The zero-order valence-corrected chi connectivity index (χ0v) is 11.2. The van der Waals surface area contributed by atoms with Gasteiger partial charge in [0.05, 0.1) is 0 Å². The van der Waals surface area contributed by atoms with Crippen molar-refractivity contribution in [3.05, 3.63) is 58.1 Å². The summed E-state index contributed by atoms with van der Waals surface area (Å²) >= 11 is 0. The maximum atomic E-state index is 12.0. The molecule has 0 aliphatic rings. The second-order valence-corrected chi connectivity index (χ2v) is 4.50. The zero-order valence-electron chi connectivity index (χ0n) is 11.2. The lowest BCUT2D eigenvalue weighted by Gasteiger charge is -2.19. The van der Waals surface area contributed by atoms with E-state index in [4.69, 9.17) is 5.73 Å². The van der Waals surface area contributed by atoms with E-state index in [0.717, 1.165) is 11.1 Å². The molecule has 2 N–H and O–H groups in total. The van der Waals surface area contributed by atoms with Gasteiger partial charge in [-0.05, 0) is 11.1 Å². The Bertz CT molecular complexity index is 621. The van der Waals surface area contributed by atoms with Crippen LogP contribution in [0.1, 0.15) is 11.1 Å². The Morgan fingerprint density at radius 2 is 2.00 bits per heavy atom. The first-order valence-corrected chi connectivity index (χ1v) is 6.13. The number of rotatable bonds is 4. The predicted octanol–water partition coefficient (Wildman–Crippen LogP) is 0.875. The molecule has 2 rings (SSSR count). The second kappa shape index (κ2) is 5.67. The number of hydrogen-bond donors (Lipinski definition) is 1.